The third kappa shape index (κ3) is 1.68. The summed E-state index contributed by atoms with van der Waals surface area (Å²) >= 11 is 0. The monoisotopic (exact) mass is 202 g/mol. The summed E-state index contributed by atoms with van der Waals surface area (Å²) in [6.07, 6.45) is 2.89. The molecule has 0 amide bonds. The van der Waals surface area contributed by atoms with E-state index in [1.54, 1.807) is 0 Å². The summed E-state index contributed by atoms with van der Waals surface area (Å²) in [6, 6.07) is 9.63. The fraction of sp³-hybridized carbons (Fsp3) is 0.538. The summed E-state index contributed by atoms with van der Waals surface area (Å²) in [5.41, 5.74) is 8.24. The van der Waals surface area contributed by atoms with Crippen molar-refractivity contribution in [1.82, 2.24) is 4.90 Å². The number of nitrogens with zero attached hydrogens (tertiary/aromatic N) is 1. The summed E-state index contributed by atoms with van der Waals surface area (Å²) in [4.78, 5) is 2.63. The van der Waals surface area contributed by atoms with E-state index >= 15 is 0 Å². The first-order valence-electron chi connectivity index (χ1n) is 5.87. The summed E-state index contributed by atoms with van der Waals surface area (Å²) < 4.78 is 0. The third-order valence-electron chi connectivity index (χ3n) is 3.86. The van der Waals surface area contributed by atoms with Gasteiger partial charge in [0.1, 0.15) is 0 Å². The summed E-state index contributed by atoms with van der Waals surface area (Å²) in [5, 5.41) is 0. The zero-order chi connectivity index (χ0) is 10.3. The standard InChI is InChI=1S/C13H18N2/c14-7-10-1-3-11(4-2-10)8-15-9-12-5-13(15)6-12/h1-4,12-13H,5-9,14H2. The second-order valence-corrected chi connectivity index (χ2v) is 4.94. The van der Waals surface area contributed by atoms with Crippen molar-refractivity contribution in [2.75, 3.05) is 6.54 Å². The molecule has 2 aliphatic heterocycles. The van der Waals surface area contributed by atoms with Gasteiger partial charge in [-0.05, 0) is 29.9 Å². The minimum atomic E-state index is 0.648. The molecule has 15 heavy (non-hydrogen) atoms. The summed E-state index contributed by atoms with van der Waals surface area (Å²) in [6.45, 7) is 3.10. The van der Waals surface area contributed by atoms with E-state index in [4.69, 9.17) is 5.73 Å². The van der Waals surface area contributed by atoms with Crippen molar-refractivity contribution in [2.45, 2.75) is 32.0 Å². The topological polar surface area (TPSA) is 29.3 Å². The molecular formula is C13H18N2. The Hall–Kier alpha value is -0.860. The van der Waals surface area contributed by atoms with Gasteiger partial charge in [-0.2, -0.15) is 0 Å². The smallest absolute Gasteiger partial charge is 0.0236 e. The Morgan fingerprint density at radius 1 is 1.13 bits per heavy atom. The fourth-order valence-electron chi connectivity index (χ4n) is 2.84. The van der Waals surface area contributed by atoms with E-state index in [2.05, 4.69) is 29.2 Å². The lowest BCUT2D eigenvalue weighted by Crippen LogP contribution is -2.28. The minimum Gasteiger partial charge on any atom is -0.326 e. The zero-order valence-electron chi connectivity index (χ0n) is 9.02. The van der Waals surface area contributed by atoms with Crippen LogP contribution in [0.25, 0.3) is 0 Å². The molecule has 2 heterocycles. The first kappa shape index (κ1) is 9.37. The van der Waals surface area contributed by atoms with Crippen LogP contribution in [0.1, 0.15) is 24.0 Å². The van der Waals surface area contributed by atoms with Gasteiger partial charge < -0.3 is 5.73 Å². The highest BCUT2D eigenvalue weighted by molar-refractivity contribution is 5.22. The minimum absolute atomic E-state index is 0.648. The summed E-state index contributed by atoms with van der Waals surface area (Å²) in [7, 11) is 0. The first-order chi connectivity index (χ1) is 7.35. The van der Waals surface area contributed by atoms with Crippen molar-refractivity contribution in [2.24, 2.45) is 11.7 Å². The molecule has 80 valence electrons. The molecular weight excluding hydrogens is 184 g/mol. The second-order valence-electron chi connectivity index (χ2n) is 4.94. The Kier molecular flexibility index (Phi) is 2.26. The van der Waals surface area contributed by atoms with Crippen LogP contribution in [0.15, 0.2) is 24.3 Å². The number of hydrogen-bond acceptors (Lipinski definition) is 2. The molecule has 1 aromatic carbocycles. The van der Waals surface area contributed by atoms with Crippen LogP contribution < -0.4 is 5.73 Å². The lowest BCUT2D eigenvalue weighted by molar-refractivity contribution is 0.240. The molecule has 0 unspecified atom stereocenters. The average Bonchev–Trinajstić information content (AvgIpc) is 2.77. The van der Waals surface area contributed by atoms with E-state index < -0.39 is 0 Å². The number of rotatable bonds is 3. The molecule has 0 spiro atoms. The zero-order valence-corrected chi connectivity index (χ0v) is 9.02. The van der Waals surface area contributed by atoms with E-state index in [1.165, 1.54) is 30.5 Å². The normalized spacial score (nSPS) is 29.1. The molecule has 0 aromatic heterocycles. The molecule has 4 rings (SSSR count). The second kappa shape index (κ2) is 3.62. The molecule has 1 aliphatic carbocycles. The van der Waals surface area contributed by atoms with Gasteiger partial charge >= 0.3 is 0 Å². The van der Waals surface area contributed by atoms with Gasteiger partial charge in [0.05, 0.1) is 0 Å². The summed E-state index contributed by atoms with van der Waals surface area (Å²) in [5.74, 6) is 1.01. The van der Waals surface area contributed by atoms with Crippen molar-refractivity contribution in [3.05, 3.63) is 35.4 Å². The van der Waals surface area contributed by atoms with Crippen LogP contribution in [0.3, 0.4) is 0 Å². The molecule has 2 saturated heterocycles. The van der Waals surface area contributed by atoms with Gasteiger partial charge in [0.15, 0.2) is 0 Å². The number of hydrogen-bond donors (Lipinski definition) is 1. The quantitative estimate of drug-likeness (QED) is 0.809. The average molecular weight is 202 g/mol. The highest BCUT2D eigenvalue weighted by Gasteiger charge is 2.42. The molecule has 2 bridgehead atoms. The molecule has 0 radical (unpaired) electrons. The Labute approximate surface area is 91.1 Å². The fourth-order valence-corrected chi connectivity index (χ4v) is 2.84. The Bertz CT molecular complexity index is 338. The van der Waals surface area contributed by atoms with Crippen molar-refractivity contribution in [3.8, 4) is 0 Å². The first-order valence-corrected chi connectivity index (χ1v) is 5.87. The lowest BCUT2D eigenvalue weighted by Gasteiger charge is -2.26. The highest BCUT2D eigenvalue weighted by Crippen LogP contribution is 2.41. The molecule has 3 fully saturated rings. The number of benzene rings is 1. The van der Waals surface area contributed by atoms with Crippen LogP contribution in [0.2, 0.25) is 0 Å². The van der Waals surface area contributed by atoms with Gasteiger partial charge in [-0.25, -0.2) is 0 Å². The number of nitrogens with two attached hydrogens (primary N) is 1. The highest BCUT2D eigenvalue weighted by atomic mass is 15.2. The lowest BCUT2D eigenvalue weighted by atomic mass is 9.86. The van der Waals surface area contributed by atoms with Crippen molar-refractivity contribution in [3.63, 3.8) is 0 Å². The molecule has 2 heteroatoms. The van der Waals surface area contributed by atoms with Crippen LogP contribution in [0.5, 0.6) is 0 Å². The van der Waals surface area contributed by atoms with E-state index in [9.17, 15) is 0 Å². The molecule has 1 aromatic rings. The van der Waals surface area contributed by atoms with Gasteiger partial charge in [0, 0.05) is 25.7 Å². The maximum atomic E-state index is 5.58. The predicted molar refractivity (Wildman–Crippen MR) is 61.3 cm³/mol. The van der Waals surface area contributed by atoms with E-state index in [-0.39, 0.29) is 0 Å². The van der Waals surface area contributed by atoms with E-state index in [0.29, 0.717) is 6.54 Å². The third-order valence-corrected chi connectivity index (χ3v) is 3.86. The van der Waals surface area contributed by atoms with Gasteiger partial charge in [-0.3, -0.25) is 4.90 Å². The molecule has 3 aliphatic rings. The molecule has 0 atom stereocenters. The molecule has 2 nitrogen and oxygen atoms in total. The van der Waals surface area contributed by atoms with Crippen LogP contribution >= 0.6 is 0 Å². The van der Waals surface area contributed by atoms with Crippen LogP contribution in [-0.4, -0.2) is 17.5 Å². The molecule has 1 saturated carbocycles. The SMILES string of the molecule is NCc1ccc(CN2CC3CC2C3)cc1. The molecule has 2 N–H and O–H groups in total. The van der Waals surface area contributed by atoms with Crippen LogP contribution in [0, 0.1) is 5.92 Å². The van der Waals surface area contributed by atoms with Gasteiger partial charge in [-0.15, -0.1) is 0 Å². The van der Waals surface area contributed by atoms with Crippen LogP contribution in [-0.2, 0) is 13.1 Å². The largest absolute Gasteiger partial charge is 0.326 e. The van der Waals surface area contributed by atoms with Crippen LogP contribution in [0.4, 0.5) is 0 Å². The predicted octanol–water partition coefficient (Wildman–Crippen LogP) is 1.74. The van der Waals surface area contributed by atoms with Crippen molar-refractivity contribution >= 4 is 0 Å². The Morgan fingerprint density at radius 2 is 1.80 bits per heavy atom. The van der Waals surface area contributed by atoms with Gasteiger partial charge in [0.2, 0.25) is 0 Å². The van der Waals surface area contributed by atoms with E-state index in [1.807, 2.05) is 0 Å². The maximum absolute atomic E-state index is 5.58. The van der Waals surface area contributed by atoms with Crippen molar-refractivity contribution < 1.29 is 0 Å². The van der Waals surface area contributed by atoms with Crippen molar-refractivity contribution in [1.29, 1.82) is 0 Å². The maximum Gasteiger partial charge on any atom is 0.0236 e. The number of fused-ring (bicyclic) bond motifs is 1. The Balaban J connectivity index is 1.66. The Morgan fingerprint density at radius 3 is 2.33 bits per heavy atom. The van der Waals surface area contributed by atoms with E-state index in [0.717, 1.165) is 18.5 Å². The van der Waals surface area contributed by atoms with Gasteiger partial charge in [-0.1, -0.05) is 24.3 Å². The van der Waals surface area contributed by atoms with Gasteiger partial charge in [0.25, 0.3) is 0 Å².